The molecule has 21 heavy (non-hydrogen) atoms. The Labute approximate surface area is 134 Å². The number of halogens is 1. The summed E-state index contributed by atoms with van der Waals surface area (Å²) < 4.78 is 17.4. The average Bonchev–Trinajstić information content (AvgIpc) is 2.86. The molecule has 2 aliphatic rings. The van der Waals surface area contributed by atoms with Gasteiger partial charge in [-0.25, -0.2) is 0 Å². The molecule has 1 aromatic rings. The van der Waals surface area contributed by atoms with E-state index in [1.807, 2.05) is 6.07 Å². The molecule has 1 spiro atoms. The SMILES string of the molecule is NC(=S)c1ccc(OC2CCOC3(CCOC3)C2)cc1Cl. The van der Waals surface area contributed by atoms with Gasteiger partial charge in [-0.1, -0.05) is 23.8 Å². The molecule has 6 heteroatoms. The summed E-state index contributed by atoms with van der Waals surface area (Å²) in [5.41, 5.74) is 6.11. The van der Waals surface area contributed by atoms with Gasteiger partial charge in [-0.3, -0.25) is 0 Å². The van der Waals surface area contributed by atoms with Crippen molar-refractivity contribution >= 4 is 28.8 Å². The molecule has 0 bridgehead atoms. The Bertz CT molecular complexity index is 546. The minimum Gasteiger partial charge on any atom is -0.490 e. The molecule has 0 saturated carbocycles. The van der Waals surface area contributed by atoms with Gasteiger partial charge in [0.15, 0.2) is 0 Å². The molecule has 2 fully saturated rings. The molecule has 4 nitrogen and oxygen atoms in total. The van der Waals surface area contributed by atoms with Crippen molar-refractivity contribution < 1.29 is 14.2 Å². The van der Waals surface area contributed by atoms with E-state index in [1.54, 1.807) is 12.1 Å². The van der Waals surface area contributed by atoms with Crippen molar-refractivity contribution in [1.29, 1.82) is 0 Å². The van der Waals surface area contributed by atoms with E-state index < -0.39 is 0 Å². The lowest BCUT2D eigenvalue weighted by molar-refractivity contribution is -0.112. The number of hydrogen-bond donors (Lipinski definition) is 1. The second-order valence-corrected chi connectivity index (χ2v) is 6.42. The normalized spacial score (nSPS) is 28.7. The Morgan fingerprint density at radius 1 is 1.43 bits per heavy atom. The van der Waals surface area contributed by atoms with Crippen molar-refractivity contribution in [3.63, 3.8) is 0 Å². The highest BCUT2D eigenvalue weighted by molar-refractivity contribution is 7.80. The number of hydrogen-bond acceptors (Lipinski definition) is 4. The van der Waals surface area contributed by atoms with Gasteiger partial charge in [-0.2, -0.15) is 0 Å². The third-order valence-corrected chi connectivity index (χ3v) is 4.56. The number of benzene rings is 1. The van der Waals surface area contributed by atoms with Gasteiger partial charge in [0, 0.05) is 31.4 Å². The number of ether oxygens (including phenoxy) is 3. The van der Waals surface area contributed by atoms with Crippen molar-refractivity contribution in [2.24, 2.45) is 5.73 Å². The highest BCUT2D eigenvalue weighted by Crippen LogP contribution is 2.35. The van der Waals surface area contributed by atoms with Crippen LogP contribution >= 0.6 is 23.8 Å². The third kappa shape index (κ3) is 3.31. The molecule has 0 amide bonds. The molecular formula is C15H18ClNO3S. The predicted octanol–water partition coefficient (Wildman–Crippen LogP) is 2.69. The van der Waals surface area contributed by atoms with E-state index in [-0.39, 0.29) is 11.7 Å². The van der Waals surface area contributed by atoms with Crippen molar-refractivity contribution in [2.45, 2.75) is 31.0 Å². The van der Waals surface area contributed by atoms with Crippen LogP contribution in [0.25, 0.3) is 0 Å². The molecule has 3 rings (SSSR count). The van der Waals surface area contributed by atoms with Crippen LogP contribution in [0.2, 0.25) is 5.02 Å². The predicted molar refractivity (Wildman–Crippen MR) is 85.1 cm³/mol. The molecule has 0 radical (unpaired) electrons. The molecule has 114 valence electrons. The van der Waals surface area contributed by atoms with Gasteiger partial charge in [-0.15, -0.1) is 0 Å². The zero-order valence-electron chi connectivity index (χ0n) is 11.6. The molecule has 2 saturated heterocycles. The first kappa shape index (κ1) is 15.0. The first-order valence-electron chi connectivity index (χ1n) is 7.06. The molecule has 2 heterocycles. The van der Waals surface area contributed by atoms with Crippen molar-refractivity contribution in [2.75, 3.05) is 19.8 Å². The minimum atomic E-state index is -0.161. The van der Waals surface area contributed by atoms with E-state index in [9.17, 15) is 0 Å². The van der Waals surface area contributed by atoms with Crippen LogP contribution in [0.3, 0.4) is 0 Å². The third-order valence-electron chi connectivity index (χ3n) is 4.02. The second-order valence-electron chi connectivity index (χ2n) is 5.57. The van der Waals surface area contributed by atoms with Gasteiger partial charge in [0.25, 0.3) is 0 Å². The van der Waals surface area contributed by atoms with E-state index >= 15 is 0 Å². The first-order valence-corrected chi connectivity index (χ1v) is 7.84. The standard InChI is InChI=1S/C15H18ClNO3S/c16-13-7-10(1-2-12(13)14(17)21)20-11-3-5-19-15(8-11)4-6-18-9-15/h1-2,7,11H,3-6,8-9H2,(H2,17,21). The Kier molecular flexibility index (Phi) is 4.36. The van der Waals surface area contributed by atoms with Crippen molar-refractivity contribution in [3.05, 3.63) is 28.8 Å². The highest BCUT2D eigenvalue weighted by atomic mass is 35.5. The molecule has 2 N–H and O–H groups in total. The zero-order chi connectivity index (χ0) is 14.9. The number of rotatable bonds is 3. The molecule has 0 aromatic heterocycles. The monoisotopic (exact) mass is 327 g/mol. The lowest BCUT2D eigenvalue weighted by atomic mass is 9.91. The topological polar surface area (TPSA) is 53.7 Å². The maximum atomic E-state index is 6.17. The maximum absolute atomic E-state index is 6.17. The van der Waals surface area contributed by atoms with Crippen LogP contribution < -0.4 is 10.5 Å². The van der Waals surface area contributed by atoms with E-state index in [1.165, 1.54) is 0 Å². The van der Waals surface area contributed by atoms with E-state index in [0.29, 0.717) is 28.8 Å². The van der Waals surface area contributed by atoms with Crippen LogP contribution in [0, 0.1) is 0 Å². The molecule has 2 unspecified atom stereocenters. The van der Waals surface area contributed by atoms with Crippen LogP contribution in [0.5, 0.6) is 5.75 Å². The maximum Gasteiger partial charge on any atom is 0.121 e. The van der Waals surface area contributed by atoms with E-state index in [4.69, 9.17) is 43.8 Å². The quantitative estimate of drug-likeness (QED) is 0.865. The zero-order valence-corrected chi connectivity index (χ0v) is 13.2. The largest absolute Gasteiger partial charge is 0.490 e. The number of nitrogens with two attached hydrogens (primary N) is 1. The summed E-state index contributed by atoms with van der Waals surface area (Å²) >= 11 is 11.1. The summed E-state index contributed by atoms with van der Waals surface area (Å²) in [5.74, 6) is 0.737. The van der Waals surface area contributed by atoms with Gasteiger partial charge < -0.3 is 19.9 Å². The summed E-state index contributed by atoms with van der Waals surface area (Å²) in [6, 6.07) is 5.42. The van der Waals surface area contributed by atoms with Gasteiger partial charge in [0.1, 0.15) is 16.8 Å². The Balaban J connectivity index is 1.68. The van der Waals surface area contributed by atoms with Crippen LogP contribution in [0.4, 0.5) is 0 Å². The molecule has 1 aromatic carbocycles. The van der Waals surface area contributed by atoms with Crippen LogP contribution in [0.1, 0.15) is 24.8 Å². The fourth-order valence-electron chi connectivity index (χ4n) is 2.91. The van der Waals surface area contributed by atoms with E-state index in [0.717, 1.165) is 31.6 Å². The van der Waals surface area contributed by atoms with Gasteiger partial charge >= 0.3 is 0 Å². The second kappa shape index (κ2) is 6.08. The summed E-state index contributed by atoms with van der Waals surface area (Å²) in [6.07, 6.45) is 2.78. The fourth-order valence-corrected chi connectivity index (χ4v) is 3.41. The summed E-state index contributed by atoms with van der Waals surface area (Å²) in [5, 5.41) is 0.519. The first-order chi connectivity index (χ1) is 10.1. The van der Waals surface area contributed by atoms with Crippen molar-refractivity contribution in [1.82, 2.24) is 0 Å². The van der Waals surface area contributed by atoms with Gasteiger partial charge in [-0.05, 0) is 18.2 Å². The average molecular weight is 328 g/mol. The fraction of sp³-hybridized carbons (Fsp3) is 0.533. The molecule has 2 aliphatic heterocycles. The van der Waals surface area contributed by atoms with Crippen LogP contribution in [-0.4, -0.2) is 36.5 Å². The molecule has 2 atom stereocenters. The Hall–Kier alpha value is -0.880. The molecule has 0 aliphatic carbocycles. The number of thiocarbonyl (C=S) groups is 1. The molecular weight excluding hydrogens is 310 g/mol. The summed E-state index contributed by atoms with van der Waals surface area (Å²) in [6.45, 7) is 2.13. The van der Waals surface area contributed by atoms with Gasteiger partial charge in [0.2, 0.25) is 0 Å². The Morgan fingerprint density at radius 2 is 2.29 bits per heavy atom. The summed E-state index contributed by atoms with van der Waals surface area (Å²) in [7, 11) is 0. The summed E-state index contributed by atoms with van der Waals surface area (Å²) in [4.78, 5) is 0.291. The van der Waals surface area contributed by atoms with Crippen LogP contribution in [-0.2, 0) is 9.47 Å². The lowest BCUT2D eigenvalue weighted by Gasteiger charge is -2.37. The lowest BCUT2D eigenvalue weighted by Crippen LogP contribution is -2.44. The minimum absolute atomic E-state index is 0.118. The van der Waals surface area contributed by atoms with E-state index in [2.05, 4.69) is 0 Å². The van der Waals surface area contributed by atoms with Crippen LogP contribution in [0.15, 0.2) is 18.2 Å². The Morgan fingerprint density at radius 3 is 2.95 bits per heavy atom. The van der Waals surface area contributed by atoms with Crippen molar-refractivity contribution in [3.8, 4) is 5.75 Å². The smallest absolute Gasteiger partial charge is 0.121 e. The van der Waals surface area contributed by atoms with Gasteiger partial charge in [0.05, 0.1) is 23.8 Å². The highest BCUT2D eigenvalue weighted by Gasteiger charge is 2.41.